The molecule has 1 aliphatic heterocycles. The molecule has 1 amide bonds. The Balaban J connectivity index is 2.05. The first-order valence-corrected chi connectivity index (χ1v) is 11.2. The Bertz CT molecular complexity index is 964. The van der Waals surface area contributed by atoms with Crippen LogP contribution in [-0.2, 0) is 9.59 Å². The van der Waals surface area contributed by atoms with E-state index in [0.29, 0.717) is 12.1 Å². The van der Waals surface area contributed by atoms with Crippen molar-refractivity contribution in [1.82, 2.24) is 9.80 Å². The van der Waals surface area contributed by atoms with Gasteiger partial charge in [0.25, 0.3) is 11.7 Å². The van der Waals surface area contributed by atoms with Crippen LogP contribution in [0.4, 0.5) is 5.69 Å². The van der Waals surface area contributed by atoms with Crippen LogP contribution in [0, 0.1) is 0 Å². The Kier molecular flexibility index (Phi) is 7.70. The van der Waals surface area contributed by atoms with Crippen molar-refractivity contribution < 1.29 is 14.7 Å². The minimum Gasteiger partial charge on any atom is -0.507 e. The fourth-order valence-corrected chi connectivity index (χ4v) is 4.22. The quantitative estimate of drug-likeness (QED) is 0.368. The third-order valence-electron chi connectivity index (χ3n) is 5.93. The molecule has 3 rings (SSSR count). The number of benzene rings is 2. The molecule has 6 nitrogen and oxygen atoms in total. The van der Waals surface area contributed by atoms with E-state index in [2.05, 4.69) is 23.6 Å². The molecular formula is C26H33N3O3. The van der Waals surface area contributed by atoms with E-state index < -0.39 is 17.7 Å². The van der Waals surface area contributed by atoms with Crippen molar-refractivity contribution in [1.29, 1.82) is 0 Å². The number of Topliss-reactive ketones (excluding diaryl/α,β-unsaturated/α-hetero) is 1. The van der Waals surface area contributed by atoms with Crippen LogP contribution in [0.2, 0.25) is 0 Å². The number of ketones is 1. The van der Waals surface area contributed by atoms with Gasteiger partial charge in [-0.05, 0) is 58.6 Å². The number of aliphatic hydroxyl groups is 1. The van der Waals surface area contributed by atoms with Gasteiger partial charge in [-0.25, -0.2) is 0 Å². The van der Waals surface area contributed by atoms with Gasteiger partial charge in [-0.3, -0.25) is 9.59 Å². The van der Waals surface area contributed by atoms with Gasteiger partial charge >= 0.3 is 0 Å². The molecule has 2 aromatic carbocycles. The van der Waals surface area contributed by atoms with Crippen molar-refractivity contribution in [2.75, 3.05) is 45.2 Å². The van der Waals surface area contributed by atoms with Gasteiger partial charge in [0.2, 0.25) is 0 Å². The van der Waals surface area contributed by atoms with Crippen molar-refractivity contribution in [2.45, 2.75) is 26.3 Å². The predicted octanol–water partition coefficient (Wildman–Crippen LogP) is 3.91. The molecule has 0 spiro atoms. The zero-order valence-corrected chi connectivity index (χ0v) is 19.4. The third kappa shape index (κ3) is 4.86. The van der Waals surface area contributed by atoms with Gasteiger partial charge in [-0.15, -0.1) is 0 Å². The Hall–Kier alpha value is -3.12. The molecule has 0 saturated carbocycles. The maximum atomic E-state index is 13.1. The Morgan fingerprint density at radius 1 is 0.969 bits per heavy atom. The maximum Gasteiger partial charge on any atom is 0.295 e. The number of hydrogen-bond donors (Lipinski definition) is 1. The van der Waals surface area contributed by atoms with Crippen LogP contribution in [0.1, 0.15) is 37.4 Å². The van der Waals surface area contributed by atoms with Crippen LogP contribution in [0.25, 0.3) is 5.76 Å². The summed E-state index contributed by atoms with van der Waals surface area (Å²) in [6, 6.07) is 16.3. The predicted molar refractivity (Wildman–Crippen MR) is 129 cm³/mol. The highest BCUT2D eigenvalue weighted by molar-refractivity contribution is 6.46. The largest absolute Gasteiger partial charge is 0.507 e. The molecular weight excluding hydrogens is 402 g/mol. The summed E-state index contributed by atoms with van der Waals surface area (Å²) >= 11 is 0. The molecule has 1 heterocycles. The first kappa shape index (κ1) is 23.5. The summed E-state index contributed by atoms with van der Waals surface area (Å²) in [5.74, 6) is -1.31. The van der Waals surface area contributed by atoms with Gasteiger partial charge in [0.1, 0.15) is 5.76 Å². The van der Waals surface area contributed by atoms with E-state index in [-0.39, 0.29) is 11.3 Å². The lowest BCUT2D eigenvalue weighted by molar-refractivity contribution is -0.139. The Labute approximate surface area is 190 Å². The molecule has 1 saturated heterocycles. The number of likely N-dealkylation sites (tertiary alicyclic amines) is 1. The van der Waals surface area contributed by atoms with Gasteiger partial charge in [-0.2, -0.15) is 0 Å². The van der Waals surface area contributed by atoms with Crippen LogP contribution >= 0.6 is 0 Å². The highest BCUT2D eigenvalue weighted by Gasteiger charge is 2.45. The number of aliphatic hydroxyl groups excluding tert-OH is 1. The smallest absolute Gasteiger partial charge is 0.295 e. The summed E-state index contributed by atoms with van der Waals surface area (Å²) in [6.07, 6.45) is 0.736. The van der Waals surface area contributed by atoms with Crippen LogP contribution in [-0.4, -0.2) is 66.9 Å². The number of rotatable bonds is 9. The van der Waals surface area contributed by atoms with Crippen LogP contribution in [0.5, 0.6) is 0 Å². The Morgan fingerprint density at radius 2 is 1.59 bits per heavy atom. The van der Waals surface area contributed by atoms with Gasteiger partial charge in [-0.1, -0.05) is 42.5 Å². The van der Waals surface area contributed by atoms with Crippen LogP contribution in [0.15, 0.2) is 60.2 Å². The second-order valence-corrected chi connectivity index (χ2v) is 8.28. The number of carbonyl (C=O) groups is 2. The molecule has 1 N–H and O–H groups in total. The van der Waals surface area contributed by atoms with E-state index >= 15 is 0 Å². The fraction of sp³-hybridized carbons (Fsp3) is 0.385. The maximum absolute atomic E-state index is 13.1. The minimum absolute atomic E-state index is 0.128. The standard InChI is InChI=1S/C26H33N3O3/c1-5-28(6-2)21-15-13-19(14-16-21)23-22(24(30)20-11-8-7-9-12-20)25(31)26(32)29(23)18-10-17-27(3)4/h7-9,11-16,23,30H,5-6,10,17-18H2,1-4H3/b24-22-. The molecule has 170 valence electrons. The molecule has 1 aliphatic rings. The first-order chi connectivity index (χ1) is 15.4. The topological polar surface area (TPSA) is 64.1 Å². The summed E-state index contributed by atoms with van der Waals surface area (Å²) in [5, 5.41) is 11.1. The number of carbonyl (C=O) groups excluding carboxylic acids is 2. The van der Waals surface area contributed by atoms with Crippen molar-refractivity contribution in [3.05, 3.63) is 71.3 Å². The molecule has 2 aromatic rings. The van der Waals surface area contributed by atoms with Crippen molar-refractivity contribution >= 4 is 23.1 Å². The average molecular weight is 436 g/mol. The van der Waals surface area contributed by atoms with Crippen molar-refractivity contribution in [3.8, 4) is 0 Å². The molecule has 1 unspecified atom stereocenters. The van der Waals surface area contributed by atoms with E-state index in [1.807, 2.05) is 44.4 Å². The second kappa shape index (κ2) is 10.5. The number of nitrogens with zero attached hydrogens (tertiary/aromatic N) is 3. The van der Waals surface area contributed by atoms with E-state index in [0.717, 1.165) is 37.3 Å². The van der Waals surface area contributed by atoms with Gasteiger partial charge in [0.05, 0.1) is 11.6 Å². The second-order valence-electron chi connectivity index (χ2n) is 8.28. The molecule has 1 atom stereocenters. The number of hydrogen-bond acceptors (Lipinski definition) is 5. The third-order valence-corrected chi connectivity index (χ3v) is 5.93. The molecule has 6 heteroatoms. The van der Waals surface area contributed by atoms with E-state index in [4.69, 9.17) is 0 Å². The van der Waals surface area contributed by atoms with E-state index in [9.17, 15) is 14.7 Å². The molecule has 1 fully saturated rings. The van der Waals surface area contributed by atoms with Crippen molar-refractivity contribution in [3.63, 3.8) is 0 Å². The highest BCUT2D eigenvalue weighted by atomic mass is 16.3. The first-order valence-electron chi connectivity index (χ1n) is 11.2. The summed E-state index contributed by atoms with van der Waals surface area (Å²) < 4.78 is 0. The highest BCUT2D eigenvalue weighted by Crippen LogP contribution is 2.39. The average Bonchev–Trinajstić information content (AvgIpc) is 3.05. The normalized spacial score (nSPS) is 17.9. The number of anilines is 1. The van der Waals surface area contributed by atoms with Crippen LogP contribution < -0.4 is 4.90 Å². The monoisotopic (exact) mass is 435 g/mol. The van der Waals surface area contributed by atoms with Gasteiger partial charge < -0.3 is 19.8 Å². The van der Waals surface area contributed by atoms with Gasteiger partial charge in [0.15, 0.2) is 0 Å². The van der Waals surface area contributed by atoms with Crippen LogP contribution in [0.3, 0.4) is 0 Å². The summed E-state index contributed by atoms with van der Waals surface area (Å²) in [6.45, 7) is 7.25. The molecule has 32 heavy (non-hydrogen) atoms. The summed E-state index contributed by atoms with van der Waals surface area (Å²) in [7, 11) is 3.96. The molecule has 0 radical (unpaired) electrons. The molecule has 0 aromatic heterocycles. The lowest BCUT2D eigenvalue weighted by Crippen LogP contribution is -2.32. The van der Waals surface area contributed by atoms with Crippen molar-refractivity contribution in [2.24, 2.45) is 0 Å². The summed E-state index contributed by atoms with van der Waals surface area (Å²) in [4.78, 5) is 31.9. The lowest BCUT2D eigenvalue weighted by Gasteiger charge is -2.27. The Morgan fingerprint density at radius 3 is 2.16 bits per heavy atom. The summed E-state index contributed by atoms with van der Waals surface area (Å²) in [5.41, 5.74) is 2.60. The fourth-order valence-electron chi connectivity index (χ4n) is 4.22. The minimum atomic E-state index is -0.631. The zero-order chi connectivity index (χ0) is 23.3. The van der Waals surface area contributed by atoms with E-state index in [1.165, 1.54) is 0 Å². The molecule has 0 aliphatic carbocycles. The zero-order valence-electron chi connectivity index (χ0n) is 19.4. The molecule has 0 bridgehead atoms. The van der Waals surface area contributed by atoms with E-state index in [1.54, 1.807) is 29.2 Å². The SMILES string of the molecule is CCN(CC)c1ccc(C2/C(=C(/O)c3ccccc3)C(=O)C(=O)N2CCCN(C)C)cc1. The lowest BCUT2D eigenvalue weighted by atomic mass is 9.95. The number of amides is 1. The van der Waals surface area contributed by atoms with Gasteiger partial charge in [0, 0.05) is 30.9 Å².